The van der Waals surface area contributed by atoms with Crippen molar-refractivity contribution in [3.8, 4) is 0 Å². The highest BCUT2D eigenvalue weighted by molar-refractivity contribution is 5.97. The van der Waals surface area contributed by atoms with Gasteiger partial charge in [-0.2, -0.15) is 0 Å². The topological polar surface area (TPSA) is 231 Å². The summed E-state index contributed by atoms with van der Waals surface area (Å²) in [6, 6.07) is 2.27. The van der Waals surface area contributed by atoms with E-state index in [1.54, 1.807) is 33.9 Å². The van der Waals surface area contributed by atoms with Crippen molar-refractivity contribution in [2.45, 2.75) is 123 Å². The lowest BCUT2D eigenvalue weighted by Gasteiger charge is -2.32. The quantitative estimate of drug-likeness (QED) is 0.0575. The van der Waals surface area contributed by atoms with Crippen molar-refractivity contribution in [1.82, 2.24) is 31.3 Å². The number of fused-ring (bicyclic) bond motifs is 1. The number of nitrogens with two attached hydrogens (primary N) is 2. The number of nitrogens with one attached hydrogen (secondary N) is 5. The van der Waals surface area contributed by atoms with E-state index in [0.717, 1.165) is 16.5 Å². The van der Waals surface area contributed by atoms with E-state index in [2.05, 4.69) is 26.4 Å². The van der Waals surface area contributed by atoms with Gasteiger partial charge in [0.2, 0.25) is 23.6 Å². The second-order valence-corrected chi connectivity index (χ2v) is 14.8. The highest BCUT2D eigenvalue weighted by Crippen LogP contribution is 2.22. The zero-order valence-corrected chi connectivity index (χ0v) is 30.8. The molecule has 1 fully saturated rings. The molecule has 1 saturated heterocycles. The minimum Gasteiger partial charge on any atom is -0.460 e. The van der Waals surface area contributed by atoms with Crippen LogP contribution in [-0.2, 0) is 39.9 Å². The Kier molecular flexibility index (Phi) is 14.5. The van der Waals surface area contributed by atoms with Gasteiger partial charge in [0.05, 0.1) is 12.5 Å². The molecule has 0 radical (unpaired) electrons. The third-order valence-electron chi connectivity index (χ3n) is 8.97. The van der Waals surface area contributed by atoms with Crippen molar-refractivity contribution < 1.29 is 33.5 Å². The summed E-state index contributed by atoms with van der Waals surface area (Å²) < 4.78 is 5.47. The number of H-pyrrole nitrogens is 1. The van der Waals surface area contributed by atoms with Gasteiger partial charge in [0.1, 0.15) is 29.8 Å². The van der Waals surface area contributed by atoms with Gasteiger partial charge in [-0.3, -0.25) is 34.2 Å². The molecule has 282 valence electrons. The average Bonchev–Trinajstić information content (AvgIpc) is 3.72. The molecular weight excluding hydrogens is 656 g/mol. The molecule has 9 N–H and O–H groups in total. The molecule has 5 amide bonds. The molecule has 0 spiro atoms. The summed E-state index contributed by atoms with van der Waals surface area (Å²) in [4.78, 5) is 84.7. The molecule has 2 heterocycles. The van der Waals surface area contributed by atoms with Crippen molar-refractivity contribution >= 4 is 46.4 Å². The summed E-state index contributed by atoms with van der Waals surface area (Å²) in [5.74, 6) is 1.42. The fraction of sp³-hybridized carbons (Fsp3) is 0.611. The Labute approximate surface area is 299 Å². The second-order valence-electron chi connectivity index (χ2n) is 14.8. The van der Waals surface area contributed by atoms with Crippen molar-refractivity contribution in [2.75, 3.05) is 6.54 Å². The molecule has 0 bridgehead atoms. The van der Waals surface area contributed by atoms with Crippen molar-refractivity contribution in [2.24, 2.45) is 23.4 Å². The maximum atomic E-state index is 14.1. The normalized spacial score (nSPS) is 17.6. The van der Waals surface area contributed by atoms with Crippen LogP contribution in [-0.4, -0.2) is 87.7 Å². The van der Waals surface area contributed by atoms with Crippen LogP contribution in [0.2, 0.25) is 0 Å². The van der Waals surface area contributed by atoms with Gasteiger partial charge in [0, 0.05) is 23.6 Å². The summed E-state index contributed by atoms with van der Waals surface area (Å²) in [5.41, 5.74) is 9.26. The first-order valence-corrected chi connectivity index (χ1v) is 17.7. The fourth-order valence-corrected chi connectivity index (χ4v) is 6.18. The number of ether oxygens (including phenoxy) is 1. The standard InChI is InChI=1S/C36H56N8O7/c1-8-21(4)30(34(49)40-26(16-20(2)3)32(47)43-38)42-33(48)28-14-11-15-44(28)35(50)27(18-29(45)51-36(5,6)7)41-31(46)24(37)17-22-19-39-25-13-10-9-12-23(22)25/h9-10,12-13,19-21,24,26-28,30,39H,8,11,14-18,37-38H2,1-7H3,(H,40,49)(H,41,46)(H,42,48)(H,43,47)/t21-,24+,26-,27+,28-,30+/m0/s1. The Morgan fingerprint density at radius 1 is 0.980 bits per heavy atom. The summed E-state index contributed by atoms with van der Waals surface area (Å²) in [7, 11) is 0. The number of aromatic nitrogens is 1. The number of hydrazine groups is 1. The third-order valence-corrected chi connectivity index (χ3v) is 8.97. The second kappa shape index (κ2) is 18.1. The van der Waals surface area contributed by atoms with Crippen molar-refractivity contribution in [3.63, 3.8) is 0 Å². The predicted molar refractivity (Wildman–Crippen MR) is 192 cm³/mol. The van der Waals surface area contributed by atoms with Crippen LogP contribution in [0.4, 0.5) is 0 Å². The minimum absolute atomic E-state index is 0.0690. The largest absolute Gasteiger partial charge is 0.460 e. The van der Waals surface area contributed by atoms with E-state index in [4.69, 9.17) is 16.3 Å². The maximum Gasteiger partial charge on any atom is 0.308 e. The highest BCUT2D eigenvalue weighted by atomic mass is 16.6. The summed E-state index contributed by atoms with van der Waals surface area (Å²) in [6.45, 7) is 12.7. The van der Waals surface area contributed by atoms with E-state index in [1.807, 2.05) is 45.0 Å². The van der Waals surface area contributed by atoms with Crippen LogP contribution in [0, 0.1) is 11.8 Å². The zero-order valence-electron chi connectivity index (χ0n) is 30.8. The number of carbonyl (C=O) groups excluding carboxylic acids is 6. The summed E-state index contributed by atoms with van der Waals surface area (Å²) >= 11 is 0. The number of hydrogen-bond donors (Lipinski definition) is 7. The zero-order chi connectivity index (χ0) is 38.0. The van der Waals surface area contributed by atoms with Crippen molar-refractivity contribution in [1.29, 1.82) is 0 Å². The number of nitrogens with zero attached hydrogens (tertiary/aromatic N) is 1. The summed E-state index contributed by atoms with van der Waals surface area (Å²) in [5, 5.41) is 9.10. The number of esters is 1. The highest BCUT2D eigenvalue weighted by Gasteiger charge is 2.41. The minimum atomic E-state index is -1.37. The molecule has 1 aromatic heterocycles. The number of para-hydroxylation sites is 1. The Balaban J connectivity index is 1.80. The maximum absolute atomic E-state index is 14.1. The van der Waals surface area contributed by atoms with Gasteiger partial charge in [-0.15, -0.1) is 0 Å². The van der Waals surface area contributed by atoms with Crippen LogP contribution in [0.1, 0.15) is 86.1 Å². The number of amides is 5. The van der Waals surface area contributed by atoms with Crippen molar-refractivity contribution in [3.05, 3.63) is 36.0 Å². The van der Waals surface area contributed by atoms with Gasteiger partial charge in [-0.25, -0.2) is 5.84 Å². The molecule has 3 rings (SSSR count). The Hall–Kier alpha value is -4.50. The summed E-state index contributed by atoms with van der Waals surface area (Å²) in [6.07, 6.45) is 3.10. The van der Waals surface area contributed by atoms with E-state index in [9.17, 15) is 28.8 Å². The van der Waals surface area contributed by atoms with Crippen LogP contribution in [0.25, 0.3) is 10.9 Å². The first kappa shape index (κ1) is 40.9. The van der Waals surface area contributed by atoms with E-state index < -0.39 is 77.7 Å². The molecule has 51 heavy (non-hydrogen) atoms. The molecular formula is C36H56N8O7. The van der Waals surface area contributed by atoms with Gasteiger partial charge >= 0.3 is 5.97 Å². The molecule has 6 atom stereocenters. The number of aromatic amines is 1. The molecule has 0 aliphatic carbocycles. The lowest BCUT2D eigenvalue weighted by atomic mass is 9.96. The first-order valence-electron chi connectivity index (χ1n) is 17.7. The number of likely N-dealkylation sites (tertiary alicyclic amines) is 1. The van der Waals surface area contributed by atoms with Gasteiger partial charge in [0.25, 0.3) is 5.91 Å². The van der Waals surface area contributed by atoms with Gasteiger partial charge in [-0.1, -0.05) is 52.3 Å². The molecule has 0 unspecified atom stereocenters. The molecule has 1 aromatic carbocycles. The Morgan fingerprint density at radius 2 is 1.65 bits per heavy atom. The van der Waals surface area contributed by atoms with E-state index in [0.29, 0.717) is 25.7 Å². The molecule has 15 heteroatoms. The van der Waals surface area contributed by atoms with Gasteiger partial charge < -0.3 is 36.3 Å². The van der Waals surface area contributed by atoms with E-state index in [1.165, 1.54) is 4.90 Å². The smallest absolute Gasteiger partial charge is 0.308 e. The van der Waals surface area contributed by atoms with Crippen LogP contribution in [0.15, 0.2) is 30.5 Å². The molecule has 2 aromatic rings. The monoisotopic (exact) mass is 712 g/mol. The van der Waals surface area contributed by atoms with Crippen LogP contribution < -0.4 is 33.0 Å². The third kappa shape index (κ3) is 11.5. The SMILES string of the molecule is CC[C@H](C)[C@@H](NC(=O)[C@@H]1CCCN1C(=O)[C@@H](CC(=O)OC(C)(C)C)NC(=O)[C@H](N)Cc1c[nH]c2ccccc12)C(=O)N[C@@H](CC(C)C)C(=O)NN. The number of carbonyl (C=O) groups is 6. The fourth-order valence-electron chi connectivity index (χ4n) is 6.18. The van der Waals surface area contributed by atoms with Gasteiger partial charge in [-0.05, 0) is 69.9 Å². The number of benzene rings is 1. The number of hydrogen-bond acceptors (Lipinski definition) is 9. The number of rotatable bonds is 16. The molecule has 0 saturated carbocycles. The van der Waals surface area contributed by atoms with Crippen LogP contribution >= 0.6 is 0 Å². The lowest BCUT2D eigenvalue weighted by molar-refractivity contribution is -0.157. The van der Waals surface area contributed by atoms with Crippen LogP contribution in [0.5, 0.6) is 0 Å². The Morgan fingerprint density at radius 3 is 2.27 bits per heavy atom. The van der Waals surface area contributed by atoms with E-state index >= 15 is 0 Å². The molecule has 1 aliphatic heterocycles. The van der Waals surface area contributed by atoms with Crippen LogP contribution in [0.3, 0.4) is 0 Å². The first-order chi connectivity index (χ1) is 23.9. The molecule has 1 aliphatic rings. The van der Waals surface area contributed by atoms with E-state index in [-0.39, 0.29) is 24.8 Å². The molecule has 15 nitrogen and oxygen atoms in total. The predicted octanol–water partition coefficient (Wildman–Crippen LogP) is 1.30. The Bertz CT molecular complexity index is 1550. The lowest BCUT2D eigenvalue weighted by Crippen LogP contribution is -2.60. The average molecular weight is 713 g/mol. The van der Waals surface area contributed by atoms with Gasteiger partial charge in [0.15, 0.2) is 0 Å².